The first-order valence-corrected chi connectivity index (χ1v) is 10.2. The standard InChI is InChI=1S/C14H18O4S4/c1-17-11-3-5-19-13(11)21-7-9(15)10(16)8-22-14-12(18-2)4-6-20-14/h3-6,9-10,15-16H,7-8H2,1-2H3/t9-,10-/m1/s1. The Bertz CT molecular complexity index is 518. The number of thiophene rings is 2. The molecule has 4 nitrogen and oxygen atoms in total. The SMILES string of the molecule is COc1ccsc1SC[C@@H](O)[C@H](O)CSc1sccc1OC. The minimum atomic E-state index is -0.782. The number of hydrogen-bond donors (Lipinski definition) is 2. The second-order valence-electron chi connectivity index (χ2n) is 4.31. The molecule has 2 aromatic rings. The van der Waals surface area contributed by atoms with Gasteiger partial charge in [-0.15, -0.1) is 46.2 Å². The lowest BCUT2D eigenvalue weighted by atomic mass is 10.3. The van der Waals surface area contributed by atoms with Crippen LogP contribution in [-0.2, 0) is 0 Å². The van der Waals surface area contributed by atoms with Crippen LogP contribution >= 0.6 is 46.2 Å². The van der Waals surface area contributed by atoms with Crippen LogP contribution in [0.1, 0.15) is 0 Å². The van der Waals surface area contributed by atoms with E-state index in [2.05, 4.69) is 0 Å². The number of aliphatic hydroxyl groups is 2. The van der Waals surface area contributed by atoms with Crippen molar-refractivity contribution in [3.63, 3.8) is 0 Å². The molecule has 22 heavy (non-hydrogen) atoms. The zero-order valence-corrected chi connectivity index (χ0v) is 15.5. The van der Waals surface area contributed by atoms with Crippen LogP contribution in [0.2, 0.25) is 0 Å². The Labute approximate surface area is 146 Å². The van der Waals surface area contributed by atoms with Crippen molar-refractivity contribution in [1.82, 2.24) is 0 Å². The van der Waals surface area contributed by atoms with Crippen molar-refractivity contribution in [2.75, 3.05) is 25.7 Å². The van der Waals surface area contributed by atoms with E-state index in [1.165, 1.54) is 23.5 Å². The van der Waals surface area contributed by atoms with Gasteiger partial charge in [-0.25, -0.2) is 0 Å². The van der Waals surface area contributed by atoms with Crippen LogP contribution in [0, 0.1) is 0 Å². The fourth-order valence-electron chi connectivity index (χ4n) is 1.62. The predicted molar refractivity (Wildman–Crippen MR) is 95.2 cm³/mol. The van der Waals surface area contributed by atoms with Crippen molar-refractivity contribution < 1.29 is 19.7 Å². The maximum atomic E-state index is 10.1. The van der Waals surface area contributed by atoms with Crippen molar-refractivity contribution in [3.05, 3.63) is 22.9 Å². The molecule has 2 rings (SSSR count). The number of ether oxygens (including phenoxy) is 2. The summed E-state index contributed by atoms with van der Waals surface area (Å²) in [6, 6.07) is 3.80. The van der Waals surface area contributed by atoms with E-state index >= 15 is 0 Å². The van der Waals surface area contributed by atoms with E-state index in [4.69, 9.17) is 9.47 Å². The van der Waals surface area contributed by atoms with Gasteiger partial charge in [0.25, 0.3) is 0 Å². The van der Waals surface area contributed by atoms with E-state index < -0.39 is 12.2 Å². The Hall–Kier alpha value is -0.380. The third-order valence-corrected chi connectivity index (χ3v) is 7.45. The second-order valence-corrected chi connectivity index (χ2v) is 8.72. The Kier molecular flexibility index (Phi) is 7.39. The summed E-state index contributed by atoms with van der Waals surface area (Å²) in [5.41, 5.74) is 0. The molecule has 0 aromatic carbocycles. The fourth-order valence-corrected chi connectivity index (χ4v) is 5.75. The van der Waals surface area contributed by atoms with Gasteiger partial charge in [-0.05, 0) is 22.9 Å². The smallest absolute Gasteiger partial charge is 0.143 e. The highest BCUT2D eigenvalue weighted by Crippen LogP contribution is 2.37. The molecule has 0 unspecified atom stereocenters. The highest BCUT2D eigenvalue weighted by Gasteiger charge is 2.19. The molecule has 8 heteroatoms. The van der Waals surface area contributed by atoms with Crippen molar-refractivity contribution in [2.45, 2.75) is 20.6 Å². The highest BCUT2D eigenvalue weighted by atomic mass is 32.2. The van der Waals surface area contributed by atoms with Crippen LogP contribution in [0.15, 0.2) is 31.3 Å². The van der Waals surface area contributed by atoms with E-state index in [-0.39, 0.29) is 0 Å². The maximum absolute atomic E-state index is 10.1. The summed E-state index contributed by atoms with van der Waals surface area (Å²) in [6.07, 6.45) is -1.56. The molecule has 0 spiro atoms. The van der Waals surface area contributed by atoms with Crippen LogP contribution in [0.25, 0.3) is 0 Å². The molecule has 0 saturated heterocycles. The van der Waals surface area contributed by atoms with Crippen molar-refractivity contribution in [2.24, 2.45) is 0 Å². The van der Waals surface area contributed by atoms with Gasteiger partial charge in [0.15, 0.2) is 0 Å². The molecule has 2 N–H and O–H groups in total. The molecule has 0 aliphatic heterocycles. The topological polar surface area (TPSA) is 58.9 Å². The van der Waals surface area contributed by atoms with Gasteiger partial charge >= 0.3 is 0 Å². The van der Waals surface area contributed by atoms with Gasteiger partial charge in [0.2, 0.25) is 0 Å². The quantitative estimate of drug-likeness (QED) is 0.652. The van der Waals surface area contributed by atoms with Gasteiger partial charge < -0.3 is 19.7 Å². The van der Waals surface area contributed by atoms with Gasteiger partial charge in [-0.3, -0.25) is 0 Å². The lowest BCUT2D eigenvalue weighted by molar-refractivity contribution is 0.0500. The molecule has 0 aliphatic carbocycles. The van der Waals surface area contributed by atoms with Crippen LogP contribution in [0.3, 0.4) is 0 Å². The Morgan fingerprint density at radius 2 is 1.32 bits per heavy atom. The third-order valence-electron chi connectivity index (χ3n) is 2.85. The van der Waals surface area contributed by atoms with Gasteiger partial charge in [-0.2, -0.15) is 0 Å². The van der Waals surface area contributed by atoms with Crippen LogP contribution in [0.4, 0.5) is 0 Å². The van der Waals surface area contributed by atoms with Gasteiger partial charge in [0.1, 0.15) is 19.9 Å². The minimum absolute atomic E-state index is 0.431. The number of aliphatic hydroxyl groups excluding tert-OH is 2. The van der Waals surface area contributed by atoms with Gasteiger partial charge in [0.05, 0.1) is 26.4 Å². The summed E-state index contributed by atoms with van der Waals surface area (Å²) in [5.74, 6) is 2.49. The summed E-state index contributed by atoms with van der Waals surface area (Å²) in [7, 11) is 3.25. The predicted octanol–water partition coefficient (Wildman–Crippen LogP) is 3.43. The molecule has 2 heterocycles. The average Bonchev–Trinajstić information content (AvgIpc) is 3.17. The summed E-state index contributed by atoms with van der Waals surface area (Å²) in [4.78, 5) is 0. The first-order valence-electron chi connectivity index (χ1n) is 6.50. The zero-order chi connectivity index (χ0) is 15.9. The molecule has 0 radical (unpaired) electrons. The number of hydrogen-bond acceptors (Lipinski definition) is 8. The van der Waals surface area contributed by atoms with Crippen molar-refractivity contribution >= 4 is 46.2 Å². The lowest BCUT2D eigenvalue weighted by Crippen LogP contribution is -2.30. The Balaban J connectivity index is 1.78. The molecule has 2 atom stereocenters. The van der Waals surface area contributed by atoms with Crippen molar-refractivity contribution in [1.29, 1.82) is 0 Å². The van der Waals surface area contributed by atoms with Crippen molar-refractivity contribution in [3.8, 4) is 11.5 Å². The zero-order valence-electron chi connectivity index (χ0n) is 12.2. The van der Waals surface area contributed by atoms with Gasteiger partial charge in [0, 0.05) is 11.5 Å². The van der Waals surface area contributed by atoms with Crippen LogP contribution in [0.5, 0.6) is 11.5 Å². The summed E-state index contributed by atoms with van der Waals surface area (Å²) in [6.45, 7) is 0. The molecule has 0 aliphatic rings. The molecule has 0 bridgehead atoms. The monoisotopic (exact) mass is 378 g/mol. The van der Waals surface area contributed by atoms with E-state index in [9.17, 15) is 10.2 Å². The molecule has 122 valence electrons. The molecule has 0 amide bonds. The van der Waals surface area contributed by atoms with Crippen LogP contribution < -0.4 is 9.47 Å². The molecule has 0 saturated carbocycles. The van der Waals surface area contributed by atoms with E-state index in [1.54, 1.807) is 36.9 Å². The Morgan fingerprint density at radius 3 is 1.68 bits per heavy atom. The third kappa shape index (κ3) is 4.81. The largest absolute Gasteiger partial charge is 0.495 e. The molecular formula is C14H18O4S4. The van der Waals surface area contributed by atoms with Crippen LogP contribution in [-0.4, -0.2) is 48.1 Å². The molecule has 2 aromatic heterocycles. The number of methoxy groups -OCH3 is 2. The average molecular weight is 379 g/mol. The first-order chi connectivity index (χ1) is 10.7. The van der Waals surface area contributed by atoms with E-state index in [0.717, 1.165) is 19.9 Å². The first kappa shape index (κ1) is 18.0. The van der Waals surface area contributed by atoms with E-state index in [0.29, 0.717) is 11.5 Å². The maximum Gasteiger partial charge on any atom is 0.143 e. The lowest BCUT2D eigenvalue weighted by Gasteiger charge is -2.17. The second kappa shape index (κ2) is 9.05. The Morgan fingerprint density at radius 1 is 0.909 bits per heavy atom. The number of rotatable bonds is 9. The normalized spacial score (nSPS) is 13.8. The minimum Gasteiger partial charge on any atom is -0.495 e. The summed E-state index contributed by atoms with van der Waals surface area (Å²) >= 11 is 6.13. The molecule has 0 fully saturated rings. The van der Waals surface area contributed by atoms with Gasteiger partial charge in [-0.1, -0.05) is 0 Å². The fraction of sp³-hybridized carbons (Fsp3) is 0.429. The van der Waals surface area contributed by atoms with E-state index in [1.807, 2.05) is 22.9 Å². The molecular weight excluding hydrogens is 360 g/mol. The number of thioether (sulfide) groups is 2. The highest BCUT2D eigenvalue weighted by molar-refractivity contribution is 8.01. The summed E-state index contributed by atoms with van der Waals surface area (Å²) < 4.78 is 12.5. The summed E-state index contributed by atoms with van der Waals surface area (Å²) in [5, 5.41) is 24.1.